The quantitative estimate of drug-likeness (QED) is 0.760. The first-order chi connectivity index (χ1) is 10.1. The number of carbonyl (C=O) groups is 2. The number of nitrogens with one attached hydrogen (secondary N) is 2. The first-order valence-corrected chi connectivity index (χ1v) is 7.01. The SMILES string of the molecule is CC1OCCC1NC(=O)NC(Cc1ccccc1)C(=O)O. The summed E-state index contributed by atoms with van der Waals surface area (Å²) in [5, 5.41) is 14.5. The smallest absolute Gasteiger partial charge is 0.326 e. The normalized spacial score (nSPS) is 22.5. The molecule has 21 heavy (non-hydrogen) atoms. The number of amides is 2. The standard InChI is InChI=1S/C15H20N2O4/c1-10-12(7-8-21-10)16-15(20)17-13(14(18)19)9-11-5-3-2-4-6-11/h2-6,10,12-13H,7-9H2,1H3,(H,18,19)(H2,16,17,20). The molecule has 2 amide bonds. The van der Waals surface area contributed by atoms with Crippen LogP contribution >= 0.6 is 0 Å². The molecule has 0 radical (unpaired) electrons. The monoisotopic (exact) mass is 292 g/mol. The van der Waals surface area contributed by atoms with Gasteiger partial charge in [0.15, 0.2) is 0 Å². The molecule has 3 atom stereocenters. The van der Waals surface area contributed by atoms with Gasteiger partial charge < -0.3 is 20.5 Å². The Bertz CT molecular complexity index is 492. The Morgan fingerprint density at radius 2 is 2.10 bits per heavy atom. The summed E-state index contributed by atoms with van der Waals surface area (Å²) in [6, 6.07) is 7.71. The van der Waals surface area contributed by atoms with Crippen molar-refractivity contribution in [3.8, 4) is 0 Å². The first kappa shape index (κ1) is 15.3. The molecule has 0 bridgehead atoms. The molecule has 1 aliphatic rings. The van der Waals surface area contributed by atoms with Gasteiger partial charge in [-0.3, -0.25) is 0 Å². The number of hydrogen-bond donors (Lipinski definition) is 3. The zero-order valence-corrected chi connectivity index (χ0v) is 11.9. The summed E-state index contributed by atoms with van der Waals surface area (Å²) < 4.78 is 5.36. The molecule has 0 saturated carbocycles. The van der Waals surface area contributed by atoms with E-state index in [0.29, 0.717) is 6.61 Å². The van der Waals surface area contributed by atoms with Gasteiger partial charge in [-0.05, 0) is 18.9 Å². The van der Waals surface area contributed by atoms with Gasteiger partial charge in [0.25, 0.3) is 0 Å². The molecule has 1 saturated heterocycles. The number of ether oxygens (including phenoxy) is 1. The van der Waals surface area contributed by atoms with Crippen molar-refractivity contribution in [2.45, 2.75) is 38.0 Å². The van der Waals surface area contributed by atoms with Crippen molar-refractivity contribution >= 4 is 12.0 Å². The third-order valence-electron chi connectivity index (χ3n) is 3.58. The summed E-state index contributed by atoms with van der Waals surface area (Å²) >= 11 is 0. The van der Waals surface area contributed by atoms with Crippen molar-refractivity contribution in [1.29, 1.82) is 0 Å². The first-order valence-electron chi connectivity index (χ1n) is 7.01. The van der Waals surface area contributed by atoms with Crippen molar-refractivity contribution in [2.75, 3.05) is 6.61 Å². The lowest BCUT2D eigenvalue weighted by atomic mass is 10.1. The van der Waals surface area contributed by atoms with Crippen LogP contribution in [0.15, 0.2) is 30.3 Å². The molecular weight excluding hydrogens is 272 g/mol. The van der Waals surface area contributed by atoms with Gasteiger partial charge in [0, 0.05) is 13.0 Å². The van der Waals surface area contributed by atoms with E-state index < -0.39 is 18.0 Å². The second-order valence-corrected chi connectivity index (χ2v) is 5.17. The van der Waals surface area contributed by atoms with Crippen LogP contribution in [0.1, 0.15) is 18.9 Å². The molecule has 1 aliphatic heterocycles. The minimum atomic E-state index is -1.05. The molecule has 1 aromatic rings. The number of hydrogen-bond acceptors (Lipinski definition) is 3. The predicted molar refractivity (Wildman–Crippen MR) is 77.1 cm³/mol. The molecule has 3 unspecified atom stereocenters. The molecule has 1 heterocycles. The van der Waals surface area contributed by atoms with Gasteiger partial charge in [-0.1, -0.05) is 30.3 Å². The van der Waals surface area contributed by atoms with E-state index in [1.807, 2.05) is 37.3 Å². The minimum Gasteiger partial charge on any atom is -0.480 e. The van der Waals surface area contributed by atoms with Gasteiger partial charge in [0.05, 0.1) is 12.1 Å². The number of rotatable bonds is 5. The number of urea groups is 1. The van der Waals surface area contributed by atoms with Crippen LogP contribution in [-0.4, -0.2) is 41.9 Å². The van der Waals surface area contributed by atoms with Crippen LogP contribution in [-0.2, 0) is 16.0 Å². The fourth-order valence-electron chi connectivity index (χ4n) is 2.34. The van der Waals surface area contributed by atoms with Crippen molar-refractivity contribution in [3.63, 3.8) is 0 Å². The average Bonchev–Trinajstić information content (AvgIpc) is 2.84. The number of aliphatic carboxylic acids is 1. The van der Waals surface area contributed by atoms with E-state index in [-0.39, 0.29) is 18.6 Å². The molecule has 2 rings (SSSR count). The Morgan fingerprint density at radius 1 is 1.38 bits per heavy atom. The molecule has 114 valence electrons. The average molecular weight is 292 g/mol. The highest BCUT2D eigenvalue weighted by Gasteiger charge is 2.27. The topological polar surface area (TPSA) is 87.7 Å². The highest BCUT2D eigenvalue weighted by Crippen LogP contribution is 2.12. The highest BCUT2D eigenvalue weighted by molar-refractivity contribution is 5.82. The summed E-state index contributed by atoms with van der Waals surface area (Å²) in [7, 11) is 0. The third-order valence-corrected chi connectivity index (χ3v) is 3.58. The number of carbonyl (C=O) groups excluding carboxylic acids is 1. The molecule has 0 aliphatic carbocycles. The lowest BCUT2D eigenvalue weighted by Gasteiger charge is -2.19. The molecular formula is C15H20N2O4. The Labute approximate surface area is 123 Å². The Balaban J connectivity index is 1.90. The Hall–Kier alpha value is -2.08. The van der Waals surface area contributed by atoms with Gasteiger partial charge in [-0.15, -0.1) is 0 Å². The van der Waals surface area contributed by atoms with Crippen molar-refractivity contribution in [2.24, 2.45) is 0 Å². The van der Waals surface area contributed by atoms with Crippen LogP contribution in [0.5, 0.6) is 0 Å². The van der Waals surface area contributed by atoms with Gasteiger partial charge >= 0.3 is 12.0 Å². The fourth-order valence-corrected chi connectivity index (χ4v) is 2.34. The number of carboxylic acids is 1. The van der Waals surface area contributed by atoms with Crippen molar-refractivity contribution in [3.05, 3.63) is 35.9 Å². The van der Waals surface area contributed by atoms with Gasteiger partial charge in [-0.2, -0.15) is 0 Å². The van der Waals surface area contributed by atoms with Crippen LogP contribution < -0.4 is 10.6 Å². The lowest BCUT2D eigenvalue weighted by molar-refractivity contribution is -0.139. The van der Waals surface area contributed by atoms with Crippen molar-refractivity contribution < 1.29 is 19.4 Å². The predicted octanol–water partition coefficient (Wildman–Crippen LogP) is 1.16. The molecule has 0 spiro atoms. The summed E-state index contributed by atoms with van der Waals surface area (Å²) in [6.07, 6.45) is 0.943. The van der Waals surface area contributed by atoms with E-state index in [1.165, 1.54) is 0 Å². The summed E-state index contributed by atoms with van der Waals surface area (Å²) in [5.41, 5.74) is 0.864. The van der Waals surface area contributed by atoms with Crippen LogP contribution in [0.3, 0.4) is 0 Å². The maximum Gasteiger partial charge on any atom is 0.326 e. The van der Waals surface area contributed by atoms with E-state index in [4.69, 9.17) is 4.74 Å². The zero-order valence-electron chi connectivity index (χ0n) is 11.9. The van der Waals surface area contributed by atoms with Crippen molar-refractivity contribution in [1.82, 2.24) is 10.6 Å². The molecule has 6 heteroatoms. The van der Waals surface area contributed by atoms with E-state index in [0.717, 1.165) is 12.0 Å². The van der Waals surface area contributed by atoms with E-state index in [2.05, 4.69) is 10.6 Å². The fraction of sp³-hybridized carbons (Fsp3) is 0.467. The van der Waals surface area contributed by atoms with Gasteiger partial charge in [0.2, 0.25) is 0 Å². The third kappa shape index (κ3) is 4.46. The summed E-state index contributed by atoms with van der Waals surface area (Å²) in [4.78, 5) is 23.2. The minimum absolute atomic E-state index is 0.0480. The van der Waals surface area contributed by atoms with Crippen LogP contribution in [0.25, 0.3) is 0 Å². The summed E-state index contributed by atoms with van der Waals surface area (Å²) in [6.45, 7) is 2.50. The molecule has 0 aromatic heterocycles. The molecule has 1 fully saturated rings. The van der Waals surface area contributed by atoms with E-state index in [9.17, 15) is 14.7 Å². The Morgan fingerprint density at radius 3 is 2.67 bits per heavy atom. The number of benzene rings is 1. The molecule has 1 aromatic carbocycles. The van der Waals surface area contributed by atoms with Crippen LogP contribution in [0, 0.1) is 0 Å². The maximum atomic E-state index is 11.9. The van der Waals surface area contributed by atoms with Gasteiger partial charge in [-0.25, -0.2) is 9.59 Å². The van der Waals surface area contributed by atoms with Crippen LogP contribution in [0.4, 0.5) is 4.79 Å². The lowest BCUT2D eigenvalue weighted by Crippen LogP contribution is -2.51. The molecule has 6 nitrogen and oxygen atoms in total. The molecule has 3 N–H and O–H groups in total. The second-order valence-electron chi connectivity index (χ2n) is 5.17. The van der Waals surface area contributed by atoms with Crippen LogP contribution in [0.2, 0.25) is 0 Å². The highest BCUT2D eigenvalue weighted by atomic mass is 16.5. The van der Waals surface area contributed by atoms with Gasteiger partial charge in [0.1, 0.15) is 6.04 Å². The second kappa shape index (κ2) is 7.08. The van der Waals surface area contributed by atoms with E-state index in [1.54, 1.807) is 0 Å². The maximum absolute atomic E-state index is 11.9. The zero-order chi connectivity index (χ0) is 15.2. The van der Waals surface area contributed by atoms with E-state index >= 15 is 0 Å². The largest absolute Gasteiger partial charge is 0.480 e. The summed E-state index contributed by atoms with van der Waals surface area (Å²) in [5.74, 6) is -1.05. The number of carboxylic acid groups (broad SMARTS) is 1. The Kier molecular flexibility index (Phi) is 5.16.